The third kappa shape index (κ3) is 1.99. The van der Waals surface area contributed by atoms with Crippen LogP contribution in [-0.2, 0) is 16.0 Å². The lowest BCUT2D eigenvalue weighted by molar-refractivity contribution is -0.133. The molecule has 1 aliphatic carbocycles. The molecule has 1 atom stereocenters. The largest absolute Gasteiger partial charge is 0.459 e. The highest BCUT2D eigenvalue weighted by molar-refractivity contribution is 5.88. The van der Waals surface area contributed by atoms with Crippen molar-refractivity contribution in [3.05, 3.63) is 29.6 Å². The van der Waals surface area contributed by atoms with E-state index in [1.54, 1.807) is 6.20 Å². The van der Waals surface area contributed by atoms with Crippen LogP contribution in [0.25, 0.3) is 0 Å². The normalized spacial score (nSPS) is 17.5. The van der Waals surface area contributed by atoms with Gasteiger partial charge in [0.15, 0.2) is 0 Å². The van der Waals surface area contributed by atoms with E-state index in [0.29, 0.717) is 0 Å². The van der Waals surface area contributed by atoms with Crippen molar-refractivity contribution in [1.82, 2.24) is 4.98 Å². The second-order valence-corrected chi connectivity index (χ2v) is 3.40. The maximum atomic E-state index is 10.9. The zero-order chi connectivity index (χ0) is 10.7. The lowest BCUT2D eigenvalue weighted by atomic mass is 10.1. The average Bonchev–Trinajstić information content (AvgIpc) is 2.69. The number of hydrogen-bond donors (Lipinski definition) is 0. The first-order valence-electron chi connectivity index (χ1n) is 4.84. The van der Waals surface area contributed by atoms with Gasteiger partial charge in [0.2, 0.25) is 0 Å². The summed E-state index contributed by atoms with van der Waals surface area (Å²) in [6.07, 6.45) is 3.69. The second kappa shape index (κ2) is 4.14. The molecule has 0 spiro atoms. The summed E-state index contributed by atoms with van der Waals surface area (Å²) in [6.45, 7) is 0. The van der Waals surface area contributed by atoms with Crippen LogP contribution in [0.15, 0.2) is 18.3 Å². The molecule has 76 valence electrons. The Labute approximate surface area is 88.5 Å². The molecular weight excluding hydrogens is 190 g/mol. The van der Waals surface area contributed by atoms with Gasteiger partial charge in [-0.2, -0.15) is 0 Å². The standard InChI is InChI=1S/C12H11NO2/c1-15-11(14)7-6-10-5-4-9-3-2-8-13-12(9)10/h2-3,8,10H,4-5H2,1H3. The lowest BCUT2D eigenvalue weighted by Crippen LogP contribution is -1.97. The molecule has 1 heterocycles. The zero-order valence-corrected chi connectivity index (χ0v) is 8.49. The van der Waals surface area contributed by atoms with Gasteiger partial charge in [0.25, 0.3) is 0 Å². The number of aryl methyl sites for hydroxylation is 1. The quantitative estimate of drug-likeness (QED) is 0.360. The van der Waals surface area contributed by atoms with Crippen LogP contribution in [-0.4, -0.2) is 18.1 Å². The van der Waals surface area contributed by atoms with Crippen LogP contribution in [0.4, 0.5) is 0 Å². The first-order valence-corrected chi connectivity index (χ1v) is 4.84. The van der Waals surface area contributed by atoms with Crippen molar-refractivity contribution in [2.75, 3.05) is 7.11 Å². The summed E-state index contributed by atoms with van der Waals surface area (Å²) in [7, 11) is 1.33. The predicted octanol–water partition coefficient (Wildman–Crippen LogP) is 1.29. The van der Waals surface area contributed by atoms with E-state index in [9.17, 15) is 4.79 Å². The molecule has 0 radical (unpaired) electrons. The number of fused-ring (bicyclic) bond motifs is 1. The maximum Gasteiger partial charge on any atom is 0.384 e. The van der Waals surface area contributed by atoms with Crippen LogP contribution in [0, 0.1) is 11.8 Å². The highest BCUT2D eigenvalue weighted by atomic mass is 16.5. The number of aromatic nitrogens is 1. The molecule has 0 saturated heterocycles. The Balaban J connectivity index is 2.20. The molecule has 0 fully saturated rings. The summed E-state index contributed by atoms with van der Waals surface area (Å²) in [4.78, 5) is 15.2. The number of rotatable bonds is 0. The Bertz CT molecular complexity index is 442. The van der Waals surface area contributed by atoms with E-state index < -0.39 is 5.97 Å². The van der Waals surface area contributed by atoms with Crippen LogP contribution in [0.3, 0.4) is 0 Å². The minimum atomic E-state index is -0.487. The molecule has 1 aromatic rings. The Morgan fingerprint density at radius 3 is 3.33 bits per heavy atom. The van der Waals surface area contributed by atoms with Crippen molar-refractivity contribution < 1.29 is 9.53 Å². The summed E-state index contributed by atoms with van der Waals surface area (Å²) >= 11 is 0. The predicted molar refractivity (Wildman–Crippen MR) is 55.1 cm³/mol. The van der Waals surface area contributed by atoms with E-state index >= 15 is 0 Å². The van der Waals surface area contributed by atoms with Gasteiger partial charge in [0, 0.05) is 12.1 Å². The number of esters is 1. The summed E-state index contributed by atoms with van der Waals surface area (Å²) in [5.74, 6) is 4.96. The molecule has 1 aliphatic rings. The number of methoxy groups -OCH3 is 1. The van der Waals surface area contributed by atoms with Gasteiger partial charge in [-0.25, -0.2) is 4.79 Å². The molecular formula is C12H11NO2. The Morgan fingerprint density at radius 2 is 2.53 bits per heavy atom. The van der Waals surface area contributed by atoms with Gasteiger partial charge in [-0.05, 0) is 24.5 Å². The molecule has 2 rings (SSSR count). The first kappa shape index (κ1) is 9.72. The first-order chi connectivity index (χ1) is 7.31. The summed E-state index contributed by atoms with van der Waals surface area (Å²) < 4.78 is 4.47. The van der Waals surface area contributed by atoms with E-state index in [0.717, 1.165) is 18.5 Å². The van der Waals surface area contributed by atoms with Crippen LogP contribution in [0.1, 0.15) is 23.6 Å². The highest BCUT2D eigenvalue weighted by Crippen LogP contribution is 2.30. The third-order valence-electron chi connectivity index (χ3n) is 2.49. The van der Waals surface area contributed by atoms with Crippen LogP contribution < -0.4 is 0 Å². The Kier molecular flexibility index (Phi) is 2.68. The number of carbonyl (C=O) groups excluding carboxylic acids is 1. The van der Waals surface area contributed by atoms with E-state index in [-0.39, 0.29) is 5.92 Å². The van der Waals surface area contributed by atoms with Gasteiger partial charge < -0.3 is 4.74 Å². The average molecular weight is 201 g/mol. The lowest BCUT2D eigenvalue weighted by Gasteiger charge is -2.00. The van der Waals surface area contributed by atoms with Gasteiger partial charge in [-0.3, -0.25) is 4.98 Å². The van der Waals surface area contributed by atoms with E-state index in [4.69, 9.17) is 0 Å². The van der Waals surface area contributed by atoms with Crippen LogP contribution >= 0.6 is 0 Å². The summed E-state index contributed by atoms with van der Waals surface area (Å²) in [5, 5.41) is 0. The Hall–Kier alpha value is -1.82. The molecule has 1 aromatic heterocycles. The number of hydrogen-bond acceptors (Lipinski definition) is 3. The molecule has 3 heteroatoms. The molecule has 0 aliphatic heterocycles. The van der Waals surface area contributed by atoms with Crippen LogP contribution in [0.5, 0.6) is 0 Å². The van der Waals surface area contributed by atoms with Crippen molar-refractivity contribution in [2.45, 2.75) is 18.8 Å². The monoisotopic (exact) mass is 201 g/mol. The fourth-order valence-corrected chi connectivity index (χ4v) is 1.75. The number of ether oxygens (including phenoxy) is 1. The van der Waals surface area contributed by atoms with E-state index in [1.165, 1.54) is 12.7 Å². The minimum absolute atomic E-state index is 0.0836. The highest BCUT2D eigenvalue weighted by Gasteiger charge is 2.21. The van der Waals surface area contributed by atoms with Crippen molar-refractivity contribution in [2.24, 2.45) is 0 Å². The summed E-state index contributed by atoms with van der Waals surface area (Å²) in [5.41, 5.74) is 2.25. The minimum Gasteiger partial charge on any atom is -0.459 e. The maximum absolute atomic E-state index is 10.9. The SMILES string of the molecule is COC(=O)C#CC1CCc2cccnc21. The molecule has 3 nitrogen and oxygen atoms in total. The van der Waals surface area contributed by atoms with Crippen molar-refractivity contribution >= 4 is 5.97 Å². The van der Waals surface area contributed by atoms with Crippen molar-refractivity contribution in [1.29, 1.82) is 0 Å². The van der Waals surface area contributed by atoms with Crippen LogP contribution in [0.2, 0.25) is 0 Å². The fourth-order valence-electron chi connectivity index (χ4n) is 1.75. The third-order valence-corrected chi connectivity index (χ3v) is 2.49. The Morgan fingerprint density at radius 1 is 1.67 bits per heavy atom. The molecule has 15 heavy (non-hydrogen) atoms. The van der Waals surface area contributed by atoms with Gasteiger partial charge in [0.1, 0.15) is 0 Å². The van der Waals surface area contributed by atoms with Crippen molar-refractivity contribution in [3.63, 3.8) is 0 Å². The molecule has 0 N–H and O–H groups in total. The fraction of sp³-hybridized carbons (Fsp3) is 0.333. The molecule has 0 saturated carbocycles. The van der Waals surface area contributed by atoms with Crippen molar-refractivity contribution in [3.8, 4) is 11.8 Å². The molecule has 0 bridgehead atoms. The summed E-state index contributed by atoms with van der Waals surface area (Å²) in [6, 6.07) is 3.98. The molecule has 0 aromatic carbocycles. The smallest absolute Gasteiger partial charge is 0.384 e. The molecule has 0 amide bonds. The van der Waals surface area contributed by atoms with E-state index in [2.05, 4.69) is 27.6 Å². The molecule has 1 unspecified atom stereocenters. The zero-order valence-electron chi connectivity index (χ0n) is 8.49. The van der Waals surface area contributed by atoms with Gasteiger partial charge in [-0.15, -0.1) is 0 Å². The second-order valence-electron chi connectivity index (χ2n) is 3.40. The van der Waals surface area contributed by atoms with Gasteiger partial charge >= 0.3 is 5.97 Å². The van der Waals surface area contributed by atoms with E-state index in [1.807, 2.05) is 6.07 Å². The van der Waals surface area contributed by atoms with Gasteiger partial charge in [0.05, 0.1) is 18.7 Å². The van der Waals surface area contributed by atoms with Gasteiger partial charge in [-0.1, -0.05) is 12.0 Å². The number of carbonyl (C=O) groups is 1. The number of nitrogens with zero attached hydrogens (tertiary/aromatic N) is 1. The number of pyridine rings is 1. The topological polar surface area (TPSA) is 39.2 Å².